The summed E-state index contributed by atoms with van der Waals surface area (Å²) in [6.45, 7) is 0. The lowest BCUT2D eigenvalue weighted by atomic mass is 10.0. The lowest BCUT2D eigenvalue weighted by Gasteiger charge is -2.15. The molecule has 4 amide bonds. The normalized spacial score (nSPS) is 13.7. The van der Waals surface area contributed by atoms with Crippen LogP contribution in [-0.2, 0) is 9.59 Å². The molecule has 3 aromatic rings. The molecule has 1 heterocycles. The van der Waals surface area contributed by atoms with Crippen molar-refractivity contribution in [3.8, 4) is 5.75 Å². The third kappa shape index (κ3) is 3.61. The topological polar surface area (TPSA) is 102 Å². The van der Waals surface area contributed by atoms with Gasteiger partial charge in [0.25, 0.3) is 11.8 Å². The molecule has 7 nitrogen and oxygen atoms in total. The van der Waals surface area contributed by atoms with Gasteiger partial charge in [-0.25, -0.2) is 9.59 Å². The average molecular weight is 386 g/mol. The van der Waals surface area contributed by atoms with Gasteiger partial charge in [0.15, 0.2) is 0 Å². The van der Waals surface area contributed by atoms with Gasteiger partial charge in [-0.05, 0) is 29.0 Å². The van der Waals surface area contributed by atoms with Crippen LogP contribution in [0.4, 0.5) is 4.79 Å². The lowest BCUT2D eigenvalue weighted by Crippen LogP contribution is -2.51. The Morgan fingerprint density at radius 2 is 1.45 bits per heavy atom. The molecular formula is C22H14N2O5. The minimum atomic E-state index is -0.882. The summed E-state index contributed by atoms with van der Waals surface area (Å²) in [5.74, 6) is -2.04. The van der Waals surface area contributed by atoms with Crippen molar-refractivity contribution in [2.75, 3.05) is 0 Å². The molecule has 0 radical (unpaired) electrons. The smallest absolute Gasteiger partial charge is 0.344 e. The zero-order valence-electron chi connectivity index (χ0n) is 15.0. The van der Waals surface area contributed by atoms with E-state index >= 15 is 0 Å². The maximum Gasteiger partial charge on any atom is 0.344 e. The number of hydrogen-bond acceptors (Lipinski definition) is 5. The van der Waals surface area contributed by atoms with Gasteiger partial charge in [0.2, 0.25) is 0 Å². The van der Waals surface area contributed by atoms with Gasteiger partial charge in [-0.1, -0.05) is 54.6 Å². The maximum absolute atomic E-state index is 12.8. The summed E-state index contributed by atoms with van der Waals surface area (Å²) in [7, 11) is 0. The highest BCUT2D eigenvalue weighted by Gasteiger charge is 2.28. The van der Waals surface area contributed by atoms with E-state index in [2.05, 4.69) is 0 Å². The van der Waals surface area contributed by atoms with E-state index < -0.39 is 23.8 Å². The molecule has 142 valence electrons. The maximum atomic E-state index is 12.8. The van der Waals surface area contributed by atoms with Gasteiger partial charge in [-0.15, -0.1) is 0 Å². The molecule has 1 aliphatic heterocycles. The van der Waals surface area contributed by atoms with Crippen LogP contribution in [0.5, 0.6) is 5.75 Å². The van der Waals surface area contributed by atoms with Crippen LogP contribution in [0.1, 0.15) is 15.9 Å². The first-order valence-corrected chi connectivity index (χ1v) is 8.70. The number of carbonyl (C=O) groups is 4. The number of hydrogen-bond donors (Lipinski definition) is 2. The fraction of sp³-hybridized carbons (Fsp3) is 0. The molecule has 1 aliphatic rings. The van der Waals surface area contributed by atoms with E-state index in [4.69, 9.17) is 4.74 Å². The second-order valence-corrected chi connectivity index (χ2v) is 6.25. The molecule has 0 unspecified atom stereocenters. The highest BCUT2D eigenvalue weighted by atomic mass is 16.5. The molecule has 7 heteroatoms. The highest BCUT2D eigenvalue weighted by molar-refractivity contribution is 6.31. The molecule has 1 saturated heterocycles. The van der Waals surface area contributed by atoms with Gasteiger partial charge in [-0.3, -0.25) is 20.2 Å². The van der Waals surface area contributed by atoms with Gasteiger partial charge in [0, 0.05) is 5.56 Å². The first-order valence-electron chi connectivity index (χ1n) is 8.70. The second kappa shape index (κ2) is 7.40. The van der Waals surface area contributed by atoms with Crippen LogP contribution in [0, 0.1) is 0 Å². The fourth-order valence-corrected chi connectivity index (χ4v) is 3.01. The minimum absolute atomic E-state index is 0.176. The van der Waals surface area contributed by atoms with Crippen molar-refractivity contribution < 1.29 is 23.9 Å². The van der Waals surface area contributed by atoms with Gasteiger partial charge < -0.3 is 4.74 Å². The summed E-state index contributed by atoms with van der Waals surface area (Å²) in [6.07, 6.45) is 1.27. The Bertz CT molecular complexity index is 1190. The number of fused-ring (bicyclic) bond motifs is 1. The molecular weight excluding hydrogens is 372 g/mol. The van der Waals surface area contributed by atoms with E-state index in [9.17, 15) is 19.2 Å². The standard InChI is InChI=1S/C22H14N2O5/c25-19-17(20(26)24-22(28)23-19)12-14-7-2-4-11-18(14)29-21(27)16-10-5-8-13-6-1-3-9-15(13)16/h1-12H,(H2,23,24,25,26,28). The van der Waals surface area contributed by atoms with Crippen LogP contribution < -0.4 is 15.4 Å². The molecule has 29 heavy (non-hydrogen) atoms. The zero-order valence-corrected chi connectivity index (χ0v) is 15.0. The Morgan fingerprint density at radius 1 is 0.793 bits per heavy atom. The van der Waals surface area contributed by atoms with Crippen LogP contribution in [0.2, 0.25) is 0 Å². The SMILES string of the molecule is O=C1NC(=O)C(=Cc2ccccc2OC(=O)c2cccc3ccccc23)C(=O)N1. The zero-order chi connectivity index (χ0) is 20.4. The Hall–Kier alpha value is -4.26. The summed E-state index contributed by atoms with van der Waals surface area (Å²) < 4.78 is 5.56. The number of benzene rings is 3. The predicted molar refractivity (Wildman–Crippen MR) is 105 cm³/mol. The van der Waals surface area contributed by atoms with Crippen LogP contribution in [0.3, 0.4) is 0 Å². The number of barbiturate groups is 1. The highest BCUT2D eigenvalue weighted by Crippen LogP contribution is 2.25. The van der Waals surface area contributed by atoms with Crippen molar-refractivity contribution >= 4 is 40.7 Å². The van der Waals surface area contributed by atoms with E-state index in [1.54, 1.807) is 36.4 Å². The largest absolute Gasteiger partial charge is 0.422 e. The van der Waals surface area contributed by atoms with Crippen molar-refractivity contribution in [2.24, 2.45) is 0 Å². The molecule has 0 saturated carbocycles. The van der Waals surface area contributed by atoms with Gasteiger partial charge in [0.1, 0.15) is 11.3 Å². The first kappa shape index (κ1) is 18.1. The van der Waals surface area contributed by atoms with E-state index in [1.807, 2.05) is 41.0 Å². The van der Waals surface area contributed by atoms with Crippen molar-refractivity contribution in [3.05, 3.63) is 83.4 Å². The molecule has 0 aliphatic carbocycles. The van der Waals surface area contributed by atoms with Crippen molar-refractivity contribution in [3.63, 3.8) is 0 Å². The van der Waals surface area contributed by atoms with E-state index in [-0.39, 0.29) is 11.3 Å². The number of rotatable bonds is 3. The van der Waals surface area contributed by atoms with Gasteiger partial charge in [0.05, 0.1) is 5.56 Å². The van der Waals surface area contributed by atoms with Crippen LogP contribution in [0.25, 0.3) is 16.8 Å². The monoisotopic (exact) mass is 386 g/mol. The molecule has 0 spiro atoms. The Balaban J connectivity index is 1.68. The third-order valence-electron chi connectivity index (χ3n) is 4.37. The molecule has 0 atom stereocenters. The Morgan fingerprint density at radius 3 is 2.24 bits per heavy atom. The number of amides is 4. The summed E-state index contributed by atoms with van der Waals surface area (Å²) in [6, 6.07) is 18.4. The number of urea groups is 1. The van der Waals surface area contributed by atoms with E-state index in [1.165, 1.54) is 6.08 Å². The third-order valence-corrected chi connectivity index (χ3v) is 4.37. The number of para-hydroxylation sites is 1. The fourth-order valence-electron chi connectivity index (χ4n) is 3.01. The van der Waals surface area contributed by atoms with Crippen molar-refractivity contribution in [1.82, 2.24) is 10.6 Å². The number of imide groups is 2. The first-order chi connectivity index (χ1) is 14.0. The molecule has 1 fully saturated rings. The molecule has 0 aromatic heterocycles. The quantitative estimate of drug-likeness (QED) is 0.312. The summed E-state index contributed by atoms with van der Waals surface area (Å²) in [5, 5.41) is 5.65. The average Bonchev–Trinajstić information content (AvgIpc) is 2.71. The lowest BCUT2D eigenvalue weighted by molar-refractivity contribution is -0.123. The van der Waals surface area contributed by atoms with Gasteiger partial charge >= 0.3 is 12.0 Å². The predicted octanol–water partition coefficient (Wildman–Crippen LogP) is 2.81. The van der Waals surface area contributed by atoms with Crippen LogP contribution >= 0.6 is 0 Å². The van der Waals surface area contributed by atoms with E-state index in [0.29, 0.717) is 11.1 Å². The second-order valence-electron chi connectivity index (χ2n) is 6.25. The Labute approximate surface area is 165 Å². The van der Waals surface area contributed by atoms with Crippen molar-refractivity contribution in [1.29, 1.82) is 0 Å². The summed E-state index contributed by atoms with van der Waals surface area (Å²) in [5.41, 5.74) is 0.471. The number of esters is 1. The Kier molecular flexibility index (Phi) is 4.62. The minimum Gasteiger partial charge on any atom is -0.422 e. The van der Waals surface area contributed by atoms with Crippen LogP contribution in [-0.4, -0.2) is 23.8 Å². The summed E-state index contributed by atoms with van der Waals surface area (Å²) >= 11 is 0. The summed E-state index contributed by atoms with van der Waals surface area (Å²) in [4.78, 5) is 47.9. The molecule has 0 bridgehead atoms. The van der Waals surface area contributed by atoms with Crippen molar-refractivity contribution in [2.45, 2.75) is 0 Å². The number of carbonyl (C=O) groups excluding carboxylic acids is 4. The molecule has 4 rings (SSSR count). The van der Waals surface area contributed by atoms with E-state index in [0.717, 1.165) is 10.8 Å². The molecule has 2 N–H and O–H groups in total. The number of ether oxygens (including phenoxy) is 1. The number of nitrogens with one attached hydrogen (secondary N) is 2. The van der Waals surface area contributed by atoms with Gasteiger partial charge in [-0.2, -0.15) is 0 Å². The molecule has 3 aromatic carbocycles. The van der Waals surface area contributed by atoms with Crippen LogP contribution in [0.15, 0.2) is 72.3 Å².